The number of aliphatic imine (C=N–C) groups is 1. The van der Waals surface area contributed by atoms with Crippen molar-refractivity contribution < 1.29 is 9.18 Å². The molecule has 0 radical (unpaired) electrons. The second-order valence-corrected chi connectivity index (χ2v) is 8.01. The summed E-state index contributed by atoms with van der Waals surface area (Å²) in [4.78, 5) is 17.2. The molecule has 0 aliphatic carbocycles. The molecule has 0 saturated heterocycles. The quantitative estimate of drug-likeness (QED) is 0.611. The highest BCUT2D eigenvalue weighted by atomic mass is 19.1. The van der Waals surface area contributed by atoms with Crippen molar-refractivity contribution in [2.24, 2.45) is 4.99 Å². The van der Waals surface area contributed by atoms with E-state index in [1.165, 1.54) is 17.7 Å². The van der Waals surface area contributed by atoms with E-state index in [4.69, 9.17) is 4.99 Å². The van der Waals surface area contributed by atoms with Crippen molar-refractivity contribution in [1.82, 2.24) is 0 Å². The fraction of sp³-hybridized carbons (Fsp3) is 0.231. The van der Waals surface area contributed by atoms with Crippen LogP contribution in [0, 0.1) is 5.82 Å². The summed E-state index contributed by atoms with van der Waals surface area (Å²) in [5.41, 5.74) is 6.28. The third kappa shape index (κ3) is 3.13. The maximum Gasteiger partial charge on any atom is 0.185 e. The number of hydrogen-bond acceptors (Lipinski definition) is 3. The first-order valence-corrected chi connectivity index (χ1v) is 10.5. The molecule has 2 unspecified atom stereocenters. The van der Waals surface area contributed by atoms with Gasteiger partial charge in [-0.15, -0.1) is 0 Å². The first-order chi connectivity index (χ1) is 14.7. The highest BCUT2D eigenvalue weighted by molar-refractivity contribution is 6.21. The highest BCUT2D eigenvalue weighted by Gasteiger charge is 2.40. The van der Waals surface area contributed by atoms with Gasteiger partial charge in [-0.2, -0.15) is 0 Å². The summed E-state index contributed by atoms with van der Waals surface area (Å²) in [5.74, 6) is -0.594. The number of halogens is 1. The number of ketones is 1. The SMILES string of the molecule is CCCc1cccc(C2C3=NCC(=O)c4cc(F)cc(c43)NC2c2ccccc2)c1. The highest BCUT2D eigenvalue weighted by Crippen LogP contribution is 2.45. The molecule has 0 saturated carbocycles. The Balaban J connectivity index is 1.73. The van der Waals surface area contributed by atoms with Crippen LogP contribution in [-0.4, -0.2) is 18.0 Å². The van der Waals surface area contributed by atoms with E-state index in [1.807, 2.05) is 18.2 Å². The third-order valence-corrected chi connectivity index (χ3v) is 6.00. The van der Waals surface area contributed by atoms with Crippen molar-refractivity contribution in [3.63, 3.8) is 0 Å². The van der Waals surface area contributed by atoms with Crippen LogP contribution in [0.2, 0.25) is 0 Å². The normalized spacial score (nSPS) is 19.7. The van der Waals surface area contributed by atoms with Crippen LogP contribution in [0.25, 0.3) is 0 Å². The lowest BCUT2D eigenvalue weighted by Crippen LogP contribution is -2.36. The summed E-state index contributed by atoms with van der Waals surface area (Å²) < 4.78 is 14.3. The molecular formula is C26H23FN2O. The predicted octanol–water partition coefficient (Wildman–Crippen LogP) is 5.71. The Hall–Kier alpha value is -3.27. The van der Waals surface area contributed by atoms with Crippen LogP contribution in [0.15, 0.2) is 71.7 Å². The van der Waals surface area contributed by atoms with Crippen LogP contribution >= 0.6 is 0 Å². The lowest BCUT2D eigenvalue weighted by atomic mass is 9.75. The van der Waals surface area contributed by atoms with Crippen LogP contribution in [0.4, 0.5) is 10.1 Å². The number of carbonyl (C=O) groups excluding carboxylic acids is 1. The summed E-state index contributed by atoms with van der Waals surface area (Å²) in [6.07, 6.45) is 2.10. The second-order valence-electron chi connectivity index (χ2n) is 8.01. The molecule has 3 aromatic rings. The Kier molecular flexibility index (Phi) is 4.70. The van der Waals surface area contributed by atoms with Gasteiger partial charge in [0, 0.05) is 16.8 Å². The van der Waals surface area contributed by atoms with Crippen molar-refractivity contribution in [2.75, 3.05) is 11.9 Å². The summed E-state index contributed by atoms with van der Waals surface area (Å²) in [6, 6.07) is 21.6. The number of aryl methyl sites for hydroxylation is 1. The standard InChI is InChI=1S/C26H23FN2O/c1-2-7-16-8-6-11-18(12-16)23-25(17-9-4-3-5-10-17)29-21-14-19(27)13-20-22(30)15-28-26(23)24(20)21/h3-6,8-14,23,25,29H,2,7,15H2,1H3. The molecule has 0 fully saturated rings. The molecule has 2 heterocycles. The lowest BCUT2D eigenvalue weighted by molar-refractivity contribution is 0.0999. The van der Waals surface area contributed by atoms with E-state index >= 15 is 0 Å². The third-order valence-electron chi connectivity index (χ3n) is 6.00. The summed E-state index contributed by atoms with van der Waals surface area (Å²) in [5, 5.41) is 3.54. The lowest BCUT2D eigenvalue weighted by Gasteiger charge is -2.39. The zero-order valence-electron chi connectivity index (χ0n) is 16.9. The molecule has 5 rings (SSSR count). The average Bonchev–Trinajstić information content (AvgIpc) is 2.76. The van der Waals surface area contributed by atoms with Crippen molar-refractivity contribution >= 4 is 17.2 Å². The summed E-state index contributed by atoms with van der Waals surface area (Å²) in [7, 11) is 0. The molecule has 0 aromatic heterocycles. The van der Waals surface area contributed by atoms with Crippen LogP contribution in [0.3, 0.4) is 0 Å². The Labute approximate surface area is 175 Å². The minimum absolute atomic E-state index is 0.0611. The Bertz CT molecular complexity index is 1150. The van der Waals surface area contributed by atoms with Gasteiger partial charge >= 0.3 is 0 Å². The van der Waals surface area contributed by atoms with Gasteiger partial charge in [0.05, 0.1) is 17.7 Å². The molecule has 0 spiro atoms. The largest absolute Gasteiger partial charge is 0.377 e. The summed E-state index contributed by atoms with van der Waals surface area (Å²) in [6.45, 7) is 2.24. The molecule has 4 heteroatoms. The van der Waals surface area contributed by atoms with E-state index in [-0.39, 0.29) is 24.3 Å². The van der Waals surface area contributed by atoms with Crippen molar-refractivity contribution in [1.29, 1.82) is 0 Å². The molecule has 1 N–H and O–H groups in total. The van der Waals surface area contributed by atoms with Gasteiger partial charge in [0.2, 0.25) is 0 Å². The van der Waals surface area contributed by atoms with Crippen molar-refractivity contribution in [2.45, 2.75) is 31.7 Å². The maximum atomic E-state index is 14.3. The van der Waals surface area contributed by atoms with Gasteiger partial charge in [0.1, 0.15) is 12.4 Å². The van der Waals surface area contributed by atoms with Crippen LogP contribution in [-0.2, 0) is 6.42 Å². The van der Waals surface area contributed by atoms with E-state index in [0.29, 0.717) is 11.3 Å². The number of Topliss-reactive ketones (excluding diaryl/α,β-unsaturated/α-hetero) is 1. The van der Waals surface area contributed by atoms with Crippen LogP contribution < -0.4 is 5.32 Å². The molecule has 0 amide bonds. The molecule has 3 nitrogen and oxygen atoms in total. The van der Waals surface area contributed by atoms with Gasteiger partial charge in [-0.3, -0.25) is 9.79 Å². The van der Waals surface area contributed by atoms with Gasteiger partial charge in [0.25, 0.3) is 0 Å². The fourth-order valence-corrected chi connectivity index (χ4v) is 4.72. The van der Waals surface area contributed by atoms with Crippen LogP contribution in [0.1, 0.15) is 57.9 Å². The second kappa shape index (κ2) is 7.52. The predicted molar refractivity (Wildman–Crippen MR) is 118 cm³/mol. The van der Waals surface area contributed by atoms with E-state index in [9.17, 15) is 9.18 Å². The Morgan fingerprint density at radius 2 is 1.83 bits per heavy atom. The van der Waals surface area contributed by atoms with Crippen molar-refractivity contribution in [3.05, 3.63) is 100 Å². The van der Waals surface area contributed by atoms with E-state index in [1.54, 1.807) is 0 Å². The molecule has 2 atom stereocenters. The minimum atomic E-state index is -0.402. The van der Waals surface area contributed by atoms with E-state index in [0.717, 1.165) is 35.2 Å². The number of hydrogen-bond donors (Lipinski definition) is 1. The molecule has 0 bridgehead atoms. The monoisotopic (exact) mass is 398 g/mol. The molecule has 3 aromatic carbocycles. The number of nitrogens with one attached hydrogen (secondary N) is 1. The smallest absolute Gasteiger partial charge is 0.185 e. The minimum Gasteiger partial charge on any atom is -0.377 e. The fourth-order valence-electron chi connectivity index (χ4n) is 4.72. The number of nitrogens with zero attached hydrogens (tertiary/aromatic N) is 1. The number of anilines is 1. The van der Waals surface area contributed by atoms with Crippen LogP contribution in [0.5, 0.6) is 0 Å². The van der Waals surface area contributed by atoms with E-state index in [2.05, 4.69) is 48.6 Å². The summed E-state index contributed by atoms with van der Waals surface area (Å²) >= 11 is 0. The number of benzene rings is 3. The molecule has 30 heavy (non-hydrogen) atoms. The van der Waals surface area contributed by atoms with Gasteiger partial charge < -0.3 is 5.32 Å². The average molecular weight is 398 g/mol. The zero-order valence-corrected chi connectivity index (χ0v) is 16.9. The van der Waals surface area contributed by atoms with Gasteiger partial charge in [-0.25, -0.2) is 4.39 Å². The number of rotatable bonds is 4. The van der Waals surface area contributed by atoms with Gasteiger partial charge in [-0.1, -0.05) is 67.9 Å². The molecule has 2 aliphatic rings. The first kappa shape index (κ1) is 18.7. The Morgan fingerprint density at radius 1 is 1.03 bits per heavy atom. The molecule has 150 valence electrons. The maximum absolute atomic E-state index is 14.3. The van der Waals surface area contributed by atoms with Crippen molar-refractivity contribution in [3.8, 4) is 0 Å². The Morgan fingerprint density at radius 3 is 2.63 bits per heavy atom. The first-order valence-electron chi connectivity index (χ1n) is 10.5. The topological polar surface area (TPSA) is 41.5 Å². The van der Waals surface area contributed by atoms with E-state index < -0.39 is 5.82 Å². The zero-order chi connectivity index (χ0) is 20.7. The van der Waals surface area contributed by atoms with Gasteiger partial charge in [-0.05, 0) is 35.2 Å². The molecular weight excluding hydrogens is 375 g/mol. The van der Waals surface area contributed by atoms with Gasteiger partial charge in [0.15, 0.2) is 5.78 Å². The molecule has 2 aliphatic heterocycles. The number of carbonyl (C=O) groups is 1.